The Balaban J connectivity index is 2.14. The minimum absolute atomic E-state index is 0.284. The maximum absolute atomic E-state index is 12.8. The van der Waals surface area contributed by atoms with Gasteiger partial charge in [-0.05, 0) is 12.1 Å². The van der Waals surface area contributed by atoms with Crippen LogP contribution in [0.4, 0.5) is 4.39 Å². The Morgan fingerprint density at radius 3 is 2.93 bits per heavy atom. The van der Waals surface area contributed by atoms with Gasteiger partial charge in [0, 0.05) is 6.07 Å². The van der Waals surface area contributed by atoms with E-state index in [2.05, 4.69) is 5.10 Å². The molecule has 1 aromatic carbocycles. The van der Waals surface area contributed by atoms with E-state index in [1.165, 1.54) is 23.0 Å². The second-order valence-electron chi connectivity index (χ2n) is 2.96. The van der Waals surface area contributed by atoms with Crippen LogP contribution in [-0.2, 0) is 6.67 Å². The summed E-state index contributed by atoms with van der Waals surface area (Å²) in [4.78, 5) is 0. The second-order valence-corrected chi connectivity index (χ2v) is 2.96. The normalized spacial score (nSPS) is 10.3. The lowest BCUT2D eigenvalue weighted by Gasteiger charge is -2.01. The first-order valence-corrected chi connectivity index (χ1v) is 4.44. The maximum atomic E-state index is 12.8. The van der Waals surface area contributed by atoms with Crippen LogP contribution in [0.25, 0.3) is 0 Å². The molecule has 2 rings (SSSR count). The molecular formula is C10H10FN3O. The largest absolute Gasteiger partial charge is 0.454 e. The monoisotopic (exact) mass is 207 g/mol. The molecule has 0 amide bonds. The van der Waals surface area contributed by atoms with Crippen LogP contribution in [-0.4, -0.2) is 9.78 Å². The van der Waals surface area contributed by atoms with Crippen LogP contribution < -0.4 is 10.5 Å². The molecule has 0 spiro atoms. The maximum Gasteiger partial charge on any atom is 0.165 e. The van der Waals surface area contributed by atoms with Gasteiger partial charge in [0.1, 0.15) is 11.6 Å². The van der Waals surface area contributed by atoms with E-state index in [9.17, 15) is 4.39 Å². The quantitative estimate of drug-likeness (QED) is 0.833. The van der Waals surface area contributed by atoms with Gasteiger partial charge in [0.05, 0.1) is 19.1 Å². The summed E-state index contributed by atoms with van der Waals surface area (Å²) < 4.78 is 19.7. The Morgan fingerprint density at radius 2 is 2.27 bits per heavy atom. The van der Waals surface area contributed by atoms with Crippen molar-refractivity contribution in [3.8, 4) is 11.5 Å². The Morgan fingerprint density at radius 1 is 1.40 bits per heavy atom. The zero-order valence-corrected chi connectivity index (χ0v) is 7.93. The number of hydrogen-bond donors (Lipinski definition) is 1. The van der Waals surface area contributed by atoms with Crippen molar-refractivity contribution in [2.45, 2.75) is 6.67 Å². The van der Waals surface area contributed by atoms with Crippen molar-refractivity contribution >= 4 is 0 Å². The standard InChI is InChI=1S/C10H10FN3O/c11-8-2-1-3-9(4-8)15-10-5-13-14(6-10)7-12/h1-6H,7,12H2. The molecule has 78 valence electrons. The number of aromatic nitrogens is 2. The average Bonchev–Trinajstić information content (AvgIpc) is 2.65. The van der Waals surface area contributed by atoms with Gasteiger partial charge in [0.15, 0.2) is 5.75 Å². The van der Waals surface area contributed by atoms with Gasteiger partial charge >= 0.3 is 0 Å². The molecule has 0 unspecified atom stereocenters. The van der Waals surface area contributed by atoms with Crippen molar-refractivity contribution in [3.63, 3.8) is 0 Å². The molecule has 0 aliphatic carbocycles. The molecule has 0 aliphatic heterocycles. The number of ether oxygens (including phenoxy) is 1. The number of halogens is 1. The van der Waals surface area contributed by atoms with Gasteiger partial charge in [-0.25, -0.2) is 4.39 Å². The Kier molecular flexibility index (Phi) is 2.64. The molecule has 0 atom stereocenters. The molecule has 0 saturated heterocycles. The van der Waals surface area contributed by atoms with Gasteiger partial charge in [0.25, 0.3) is 0 Å². The molecule has 0 aliphatic rings. The first kappa shape index (κ1) is 9.67. The van der Waals surface area contributed by atoms with Gasteiger partial charge in [-0.3, -0.25) is 4.68 Å². The molecule has 2 aromatic rings. The van der Waals surface area contributed by atoms with Crippen LogP contribution in [0.5, 0.6) is 11.5 Å². The highest BCUT2D eigenvalue weighted by molar-refractivity contribution is 5.28. The first-order valence-electron chi connectivity index (χ1n) is 4.44. The predicted molar refractivity (Wildman–Crippen MR) is 52.9 cm³/mol. The fourth-order valence-corrected chi connectivity index (χ4v) is 1.16. The highest BCUT2D eigenvalue weighted by Crippen LogP contribution is 2.20. The lowest BCUT2D eigenvalue weighted by atomic mass is 10.3. The third-order valence-corrected chi connectivity index (χ3v) is 1.83. The van der Waals surface area contributed by atoms with Gasteiger partial charge in [-0.2, -0.15) is 5.10 Å². The number of nitrogens with two attached hydrogens (primary N) is 1. The van der Waals surface area contributed by atoms with Crippen molar-refractivity contribution in [1.82, 2.24) is 9.78 Å². The molecule has 0 bridgehead atoms. The lowest BCUT2D eigenvalue weighted by Crippen LogP contribution is -2.06. The molecule has 4 nitrogen and oxygen atoms in total. The van der Waals surface area contributed by atoms with Crippen molar-refractivity contribution in [2.24, 2.45) is 5.73 Å². The summed E-state index contributed by atoms with van der Waals surface area (Å²) in [7, 11) is 0. The molecule has 2 N–H and O–H groups in total. The van der Waals surface area contributed by atoms with Gasteiger partial charge in [-0.1, -0.05) is 6.07 Å². The molecule has 15 heavy (non-hydrogen) atoms. The molecule has 1 aromatic heterocycles. The minimum Gasteiger partial charge on any atom is -0.454 e. The van der Waals surface area contributed by atoms with Crippen molar-refractivity contribution < 1.29 is 9.13 Å². The fourth-order valence-electron chi connectivity index (χ4n) is 1.16. The minimum atomic E-state index is -0.335. The van der Waals surface area contributed by atoms with Crippen LogP contribution in [0.1, 0.15) is 0 Å². The smallest absolute Gasteiger partial charge is 0.165 e. The number of hydrogen-bond acceptors (Lipinski definition) is 3. The Labute approximate surface area is 86.1 Å². The van der Waals surface area contributed by atoms with E-state index < -0.39 is 0 Å². The van der Waals surface area contributed by atoms with Crippen molar-refractivity contribution in [3.05, 3.63) is 42.5 Å². The van der Waals surface area contributed by atoms with Gasteiger partial charge in [0.2, 0.25) is 0 Å². The van der Waals surface area contributed by atoms with Crippen LogP contribution in [0, 0.1) is 5.82 Å². The van der Waals surface area contributed by atoms with E-state index in [0.29, 0.717) is 11.5 Å². The highest BCUT2D eigenvalue weighted by atomic mass is 19.1. The topological polar surface area (TPSA) is 53.1 Å². The van der Waals surface area contributed by atoms with Crippen LogP contribution in [0.3, 0.4) is 0 Å². The van der Waals surface area contributed by atoms with Crippen molar-refractivity contribution in [2.75, 3.05) is 0 Å². The molecule has 0 radical (unpaired) electrons. The molecule has 0 saturated carbocycles. The SMILES string of the molecule is NCn1cc(Oc2cccc(F)c2)cn1. The van der Waals surface area contributed by atoms with Crippen LogP contribution >= 0.6 is 0 Å². The Hall–Kier alpha value is -1.88. The third kappa shape index (κ3) is 2.32. The number of benzene rings is 1. The zero-order chi connectivity index (χ0) is 10.7. The van der Waals surface area contributed by atoms with E-state index in [1.54, 1.807) is 18.3 Å². The molecule has 0 fully saturated rings. The summed E-state index contributed by atoms with van der Waals surface area (Å²) in [6.07, 6.45) is 3.17. The molecular weight excluding hydrogens is 197 g/mol. The van der Waals surface area contributed by atoms with E-state index in [0.717, 1.165) is 0 Å². The summed E-state index contributed by atoms with van der Waals surface area (Å²) in [6.45, 7) is 0.284. The lowest BCUT2D eigenvalue weighted by molar-refractivity contribution is 0.475. The average molecular weight is 207 g/mol. The van der Waals surface area contributed by atoms with E-state index in [4.69, 9.17) is 10.5 Å². The molecule has 5 heteroatoms. The van der Waals surface area contributed by atoms with E-state index >= 15 is 0 Å². The fraction of sp³-hybridized carbons (Fsp3) is 0.100. The predicted octanol–water partition coefficient (Wildman–Crippen LogP) is 1.73. The molecule has 1 heterocycles. The van der Waals surface area contributed by atoms with Gasteiger partial charge < -0.3 is 10.5 Å². The highest BCUT2D eigenvalue weighted by Gasteiger charge is 2.01. The summed E-state index contributed by atoms with van der Waals surface area (Å²) in [5.41, 5.74) is 5.37. The van der Waals surface area contributed by atoms with Crippen molar-refractivity contribution in [1.29, 1.82) is 0 Å². The number of rotatable bonds is 3. The summed E-state index contributed by atoms with van der Waals surface area (Å²) in [5, 5.41) is 3.93. The summed E-state index contributed by atoms with van der Waals surface area (Å²) in [6, 6.07) is 5.91. The van der Waals surface area contributed by atoms with Gasteiger partial charge in [-0.15, -0.1) is 0 Å². The van der Waals surface area contributed by atoms with E-state index in [1.807, 2.05) is 0 Å². The van der Waals surface area contributed by atoms with Crippen LogP contribution in [0.2, 0.25) is 0 Å². The number of nitrogens with zero attached hydrogens (tertiary/aromatic N) is 2. The Bertz CT molecular complexity index is 455. The van der Waals surface area contributed by atoms with E-state index in [-0.39, 0.29) is 12.5 Å². The first-order chi connectivity index (χ1) is 7.28. The third-order valence-electron chi connectivity index (χ3n) is 1.83. The van der Waals surface area contributed by atoms with Crippen LogP contribution in [0.15, 0.2) is 36.7 Å². The second kappa shape index (κ2) is 4.10. The summed E-state index contributed by atoms with van der Waals surface area (Å²) in [5.74, 6) is 0.635. The zero-order valence-electron chi connectivity index (χ0n) is 7.93. The summed E-state index contributed by atoms with van der Waals surface area (Å²) >= 11 is 0.